The summed E-state index contributed by atoms with van der Waals surface area (Å²) < 4.78 is 0. The Balaban J connectivity index is 0.932. The van der Waals surface area contributed by atoms with Gasteiger partial charge in [-0.25, -0.2) is 0 Å². The maximum atomic E-state index is 4.09. The highest BCUT2D eigenvalue weighted by Gasteiger charge is 2.50. The van der Waals surface area contributed by atoms with Gasteiger partial charge in [-0.15, -0.1) is 0 Å². The highest BCUT2D eigenvalue weighted by atomic mass is 15.4. The first-order chi connectivity index (χ1) is 25.4. The van der Waals surface area contributed by atoms with Crippen molar-refractivity contribution < 1.29 is 0 Å². The third kappa shape index (κ3) is 5.28. The molecule has 0 amide bonds. The molecule has 4 heteroatoms. The molecule has 3 aromatic rings. The summed E-state index contributed by atoms with van der Waals surface area (Å²) in [7, 11) is 0. The lowest BCUT2D eigenvalue weighted by Crippen LogP contribution is -2.57. The molecule has 0 spiro atoms. The minimum Gasteiger partial charge on any atom is -0.365 e. The van der Waals surface area contributed by atoms with Crippen molar-refractivity contribution in [1.82, 2.24) is 10.2 Å². The van der Waals surface area contributed by atoms with Crippen molar-refractivity contribution in [2.45, 2.75) is 94.7 Å². The van der Waals surface area contributed by atoms with Gasteiger partial charge in [0, 0.05) is 34.9 Å². The Hall–Kier alpha value is -4.54. The number of para-hydroxylation sites is 2. The van der Waals surface area contributed by atoms with Gasteiger partial charge >= 0.3 is 0 Å². The number of benzene rings is 3. The Kier molecular flexibility index (Phi) is 7.76. The number of nitrogens with one attached hydrogen (secondary N) is 2. The number of rotatable bonds is 4. The SMILES string of the molecule is CC(C)(C)c1ccc(C2NC(N3c4ccccc4C4C=C(C5CCC6C(C5)C5CC=CC=C5N6C5C=CC=CC5)C=CC43)Nc3ccccc32)cc1. The second-order valence-electron chi connectivity index (χ2n) is 17.2. The van der Waals surface area contributed by atoms with Gasteiger partial charge in [0.25, 0.3) is 0 Å². The standard InChI is InChI=1S/C48H52N4/c1-48(2,3)34-25-21-31(22-26-34)46-38-17-7-10-18-41(38)49-47(50-46)52-43-20-12-9-16-37(43)40-30-33(24-28-45(40)52)32-23-27-44-39(29-32)36-15-8-11-19-42(36)51(44)35-13-5-4-6-14-35/h4-13,16-22,24-26,28,30,32,35-36,39-40,44-47,49-50H,14-15,23,27,29H2,1-3H3. The van der Waals surface area contributed by atoms with Gasteiger partial charge in [0.2, 0.25) is 0 Å². The van der Waals surface area contributed by atoms with Crippen LogP contribution in [0, 0.1) is 17.8 Å². The Bertz CT molecular complexity index is 2040. The summed E-state index contributed by atoms with van der Waals surface area (Å²) >= 11 is 0. The second kappa shape index (κ2) is 12.6. The van der Waals surface area contributed by atoms with Gasteiger partial charge in [-0.1, -0.05) is 136 Å². The molecule has 3 aromatic carbocycles. The summed E-state index contributed by atoms with van der Waals surface area (Å²) in [5, 5.41) is 8.03. The van der Waals surface area contributed by atoms with Gasteiger partial charge in [0.05, 0.1) is 18.1 Å². The van der Waals surface area contributed by atoms with E-state index in [1.54, 1.807) is 11.3 Å². The Morgan fingerprint density at radius 3 is 2.40 bits per heavy atom. The lowest BCUT2D eigenvalue weighted by molar-refractivity contribution is 0.146. The monoisotopic (exact) mass is 684 g/mol. The van der Waals surface area contributed by atoms with E-state index in [1.165, 1.54) is 59.3 Å². The fourth-order valence-corrected chi connectivity index (χ4v) is 10.9. The molecule has 0 aromatic heterocycles. The van der Waals surface area contributed by atoms with Gasteiger partial charge in [-0.2, -0.15) is 0 Å². The first kappa shape index (κ1) is 32.1. The van der Waals surface area contributed by atoms with Crippen LogP contribution in [0.1, 0.15) is 87.1 Å². The fourth-order valence-electron chi connectivity index (χ4n) is 10.9. The number of hydrogen-bond donors (Lipinski definition) is 2. The minimum atomic E-state index is -0.0499. The number of hydrogen-bond acceptors (Lipinski definition) is 4. The first-order valence-electron chi connectivity index (χ1n) is 19.9. The van der Waals surface area contributed by atoms with Crippen LogP contribution in [0.3, 0.4) is 0 Å². The number of allylic oxidation sites excluding steroid dienone is 8. The van der Waals surface area contributed by atoms with Crippen LogP contribution in [0.4, 0.5) is 11.4 Å². The number of fused-ring (bicyclic) bond motifs is 7. The van der Waals surface area contributed by atoms with Crippen molar-refractivity contribution in [1.29, 1.82) is 0 Å². The van der Waals surface area contributed by atoms with E-state index in [-0.39, 0.29) is 23.8 Å². The van der Waals surface area contributed by atoms with Gasteiger partial charge in [0.1, 0.15) is 0 Å². The van der Waals surface area contributed by atoms with Crippen LogP contribution < -0.4 is 15.5 Å². The summed E-state index contributed by atoms with van der Waals surface area (Å²) in [6, 6.07) is 28.8. The van der Waals surface area contributed by atoms with Gasteiger partial charge < -0.3 is 15.1 Å². The van der Waals surface area contributed by atoms with Crippen LogP contribution in [0.2, 0.25) is 0 Å². The molecule has 9 unspecified atom stereocenters. The molecule has 10 rings (SSSR count). The summed E-state index contributed by atoms with van der Waals surface area (Å²) in [6.45, 7) is 6.87. The van der Waals surface area contributed by atoms with Gasteiger partial charge in [-0.05, 0) is 95.4 Å². The van der Waals surface area contributed by atoms with Gasteiger partial charge in [0.15, 0.2) is 6.29 Å². The zero-order valence-electron chi connectivity index (χ0n) is 30.8. The fraction of sp³-hybridized carbons (Fsp3) is 0.375. The van der Waals surface area contributed by atoms with E-state index < -0.39 is 0 Å². The van der Waals surface area contributed by atoms with E-state index in [4.69, 9.17) is 0 Å². The van der Waals surface area contributed by atoms with Crippen molar-refractivity contribution in [3.8, 4) is 0 Å². The topological polar surface area (TPSA) is 30.5 Å². The Morgan fingerprint density at radius 2 is 1.58 bits per heavy atom. The van der Waals surface area contributed by atoms with Crippen molar-refractivity contribution in [2.75, 3.05) is 10.2 Å². The average Bonchev–Trinajstić information content (AvgIpc) is 3.70. The molecular formula is C48H52N4. The number of anilines is 2. The molecule has 7 aliphatic rings. The summed E-state index contributed by atoms with van der Waals surface area (Å²) in [5.41, 5.74) is 11.3. The molecule has 4 aliphatic carbocycles. The Morgan fingerprint density at radius 1 is 0.769 bits per heavy atom. The highest BCUT2D eigenvalue weighted by Crippen LogP contribution is 2.54. The Labute approximate surface area is 310 Å². The molecule has 3 heterocycles. The second-order valence-corrected chi connectivity index (χ2v) is 17.2. The van der Waals surface area contributed by atoms with Crippen molar-refractivity contribution in [2.24, 2.45) is 17.8 Å². The molecule has 2 fully saturated rings. The molecule has 2 N–H and O–H groups in total. The summed E-state index contributed by atoms with van der Waals surface area (Å²) in [4.78, 5) is 5.47. The van der Waals surface area contributed by atoms with Crippen molar-refractivity contribution in [3.05, 3.63) is 167 Å². The zero-order valence-corrected chi connectivity index (χ0v) is 30.8. The molecular weight excluding hydrogens is 633 g/mol. The highest BCUT2D eigenvalue weighted by molar-refractivity contribution is 5.69. The van der Waals surface area contributed by atoms with E-state index >= 15 is 0 Å². The van der Waals surface area contributed by atoms with E-state index in [0.29, 0.717) is 29.8 Å². The summed E-state index contributed by atoms with van der Waals surface area (Å²) in [5.74, 6) is 2.33. The number of likely N-dealkylation sites (tertiary alicyclic amines) is 1. The quantitative estimate of drug-likeness (QED) is 0.286. The lowest BCUT2D eigenvalue weighted by Gasteiger charge is -2.44. The maximum Gasteiger partial charge on any atom is 0.156 e. The van der Waals surface area contributed by atoms with E-state index in [2.05, 4.69) is 175 Å². The van der Waals surface area contributed by atoms with Crippen molar-refractivity contribution in [3.63, 3.8) is 0 Å². The zero-order chi connectivity index (χ0) is 35.0. The molecule has 4 nitrogen and oxygen atoms in total. The van der Waals surface area contributed by atoms with E-state index in [1.807, 2.05) is 0 Å². The number of nitrogens with zero attached hydrogens (tertiary/aromatic N) is 2. The molecule has 0 radical (unpaired) electrons. The molecule has 0 bridgehead atoms. The smallest absolute Gasteiger partial charge is 0.156 e. The van der Waals surface area contributed by atoms with Crippen LogP contribution >= 0.6 is 0 Å². The predicted octanol–water partition coefficient (Wildman–Crippen LogP) is 10.3. The van der Waals surface area contributed by atoms with Gasteiger partial charge in [-0.3, -0.25) is 5.32 Å². The average molecular weight is 685 g/mol. The molecule has 52 heavy (non-hydrogen) atoms. The first-order valence-corrected chi connectivity index (χ1v) is 19.9. The normalized spacial score (nSPS) is 32.6. The van der Waals surface area contributed by atoms with Crippen LogP contribution in [0.5, 0.6) is 0 Å². The van der Waals surface area contributed by atoms with E-state index in [9.17, 15) is 0 Å². The third-order valence-electron chi connectivity index (χ3n) is 13.4. The largest absolute Gasteiger partial charge is 0.365 e. The van der Waals surface area contributed by atoms with E-state index in [0.717, 1.165) is 12.3 Å². The minimum absolute atomic E-state index is 0.0499. The molecule has 264 valence electrons. The molecule has 1 saturated heterocycles. The lowest BCUT2D eigenvalue weighted by atomic mass is 9.69. The van der Waals surface area contributed by atoms with Crippen LogP contribution in [0.15, 0.2) is 145 Å². The summed E-state index contributed by atoms with van der Waals surface area (Å²) in [6.07, 6.45) is 30.3. The van der Waals surface area contributed by atoms with Crippen LogP contribution in [0.25, 0.3) is 0 Å². The molecule has 9 atom stereocenters. The van der Waals surface area contributed by atoms with Crippen LogP contribution in [-0.2, 0) is 5.41 Å². The molecule has 1 saturated carbocycles. The molecule has 3 aliphatic heterocycles. The third-order valence-corrected chi connectivity index (χ3v) is 13.4. The van der Waals surface area contributed by atoms with Crippen molar-refractivity contribution >= 4 is 11.4 Å². The van der Waals surface area contributed by atoms with Crippen LogP contribution in [-0.4, -0.2) is 29.3 Å². The maximum absolute atomic E-state index is 4.09. The predicted molar refractivity (Wildman–Crippen MR) is 215 cm³/mol.